The second-order valence-corrected chi connectivity index (χ2v) is 12.0. The van der Waals surface area contributed by atoms with Crippen LogP contribution in [0.2, 0.25) is 0 Å². The predicted molar refractivity (Wildman–Crippen MR) is 148 cm³/mol. The van der Waals surface area contributed by atoms with Gasteiger partial charge in [0.15, 0.2) is 0 Å². The number of nitriles is 1. The van der Waals surface area contributed by atoms with Crippen molar-refractivity contribution in [3.05, 3.63) is 106 Å². The van der Waals surface area contributed by atoms with Gasteiger partial charge in [0.25, 0.3) is 0 Å². The van der Waals surface area contributed by atoms with E-state index >= 15 is 0 Å². The molecule has 2 aliphatic rings. The van der Waals surface area contributed by atoms with Gasteiger partial charge in [0.1, 0.15) is 0 Å². The van der Waals surface area contributed by atoms with Crippen LogP contribution in [-0.2, 0) is 30.2 Å². The van der Waals surface area contributed by atoms with Crippen molar-refractivity contribution in [2.75, 3.05) is 0 Å². The maximum absolute atomic E-state index is 9.29. The third kappa shape index (κ3) is 3.70. The van der Waals surface area contributed by atoms with Gasteiger partial charge in [0.05, 0.1) is 17.3 Å². The van der Waals surface area contributed by atoms with Gasteiger partial charge < -0.3 is 4.57 Å². The number of hydrogen-bond acceptors (Lipinski definition) is 1. The molecule has 0 fully saturated rings. The third-order valence-electron chi connectivity index (χ3n) is 8.68. The molecule has 0 aliphatic heterocycles. The van der Waals surface area contributed by atoms with Crippen LogP contribution in [0.1, 0.15) is 73.9 Å². The molecule has 0 bridgehead atoms. The maximum Gasteiger partial charge on any atom is 0.0991 e. The molecule has 2 heteroatoms. The molecule has 6 rings (SSSR count). The molecule has 0 saturated heterocycles. The van der Waals surface area contributed by atoms with Crippen molar-refractivity contribution in [1.29, 1.82) is 5.26 Å². The van der Waals surface area contributed by atoms with Gasteiger partial charge in [0.2, 0.25) is 0 Å². The summed E-state index contributed by atoms with van der Waals surface area (Å²) in [5, 5.41) is 9.29. The van der Waals surface area contributed by atoms with Gasteiger partial charge in [0, 0.05) is 23.9 Å². The molecule has 1 heterocycles. The average molecular weight is 471 g/mol. The first-order chi connectivity index (χ1) is 17.3. The topological polar surface area (TPSA) is 28.7 Å². The first-order valence-corrected chi connectivity index (χ1v) is 13.2. The number of fused-ring (bicyclic) bond motifs is 4. The Morgan fingerprint density at radius 3 is 2.14 bits per heavy atom. The molecule has 3 aromatic carbocycles. The van der Waals surface area contributed by atoms with Crippen molar-refractivity contribution in [3.8, 4) is 28.5 Å². The molecule has 0 saturated carbocycles. The zero-order valence-corrected chi connectivity index (χ0v) is 21.9. The van der Waals surface area contributed by atoms with Gasteiger partial charge in [-0.15, -0.1) is 0 Å². The maximum atomic E-state index is 9.29. The largest absolute Gasteiger partial charge is 0.342 e. The summed E-state index contributed by atoms with van der Waals surface area (Å²) in [6, 6.07) is 26.2. The average Bonchev–Trinajstić information content (AvgIpc) is 3.25. The van der Waals surface area contributed by atoms with E-state index in [2.05, 4.69) is 99.1 Å². The molecule has 180 valence electrons. The molecule has 1 aromatic heterocycles. The molecule has 2 nitrogen and oxygen atoms in total. The summed E-state index contributed by atoms with van der Waals surface area (Å²) in [7, 11) is 0. The minimum Gasteiger partial charge on any atom is -0.342 e. The Bertz CT molecular complexity index is 1490. The highest BCUT2D eigenvalue weighted by Crippen LogP contribution is 2.50. The van der Waals surface area contributed by atoms with Crippen LogP contribution in [0.5, 0.6) is 0 Å². The molecular weight excluding hydrogens is 436 g/mol. The Morgan fingerprint density at radius 1 is 0.806 bits per heavy atom. The normalized spacial score (nSPS) is 17.0. The van der Waals surface area contributed by atoms with Gasteiger partial charge >= 0.3 is 0 Å². The van der Waals surface area contributed by atoms with Gasteiger partial charge in [-0.1, -0.05) is 76.2 Å². The van der Waals surface area contributed by atoms with Crippen LogP contribution in [0.15, 0.2) is 72.9 Å². The highest BCUT2D eigenvalue weighted by Gasteiger charge is 2.38. The zero-order valence-electron chi connectivity index (χ0n) is 21.9. The smallest absolute Gasteiger partial charge is 0.0991 e. The SMILES string of the molecule is CC1(C)CCC(C)(C)c2cc3c(cc21)CCc1c(-c2ccc(C#N)cc2)cn(Cc2ccccc2)c1-3. The molecule has 0 spiro atoms. The quantitative estimate of drug-likeness (QED) is 0.297. The van der Waals surface area contributed by atoms with Crippen molar-refractivity contribution < 1.29 is 0 Å². The summed E-state index contributed by atoms with van der Waals surface area (Å²) in [5.74, 6) is 0. The fraction of sp³-hybridized carbons (Fsp3) is 0.324. The number of aryl methyl sites for hydroxylation is 1. The summed E-state index contributed by atoms with van der Waals surface area (Å²) >= 11 is 0. The standard InChI is InChI=1S/C34H34N2/c1-33(2)16-17-34(3,4)31-19-28-26(18-30(31)33)14-15-27-29(25-12-10-23(20-35)11-13-25)22-36(32(27)28)21-24-8-6-5-7-9-24/h5-13,18-19,22H,14-17,21H2,1-4H3. The fourth-order valence-corrected chi connectivity index (χ4v) is 6.39. The van der Waals surface area contributed by atoms with E-state index in [0.717, 1.165) is 19.4 Å². The fourth-order valence-electron chi connectivity index (χ4n) is 6.39. The molecule has 36 heavy (non-hydrogen) atoms. The Kier molecular flexibility index (Phi) is 5.23. The highest BCUT2D eigenvalue weighted by atomic mass is 15.0. The summed E-state index contributed by atoms with van der Waals surface area (Å²) in [4.78, 5) is 0. The van der Waals surface area contributed by atoms with Crippen LogP contribution < -0.4 is 0 Å². The number of benzene rings is 3. The number of nitrogens with zero attached hydrogens (tertiary/aromatic N) is 2. The lowest BCUT2D eigenvalue weighted by molar-refractivity contribution is 0.331. The van der Waals surface area contributed by atoms with E-state index in [0.29, 0.717) is 5.56 Å². The lowest BCUT2D eigenvalue weighted by Gasteiger charge is -2.43. The van der Waals surface area contributed by atoms with Crippen molar-refractivity contribution in [2.45, 2.75) is 70.8 Å². The molecule has 0 unspecified atom stereocenters. The van der Waals surface area contributed by atoms with E-state index in [9.17, 15) is 5.26 Å². The lowest BCUT2D eigenvalue weighted by Crippen LogP contribution is -2.34. The van der Waals surface area contributed by atoms with Gasteiger partial charge in [-0.05, 0) is 88.1 Å². The summed E-state index contributed by atoms with van der Waals surface area (Å²) in [6.45, 7) is 10.5. The molecule has 0 atom stereocenters. The number of aromatic nitrogens is 1. The van der Waals surface area contributed by atoms with Crippen LogP contribution in [0.25, 0.3) is 22.4 Å². The Balaban J connectivity index is 1.57. The Hall–Kier alpha value is -3.57. The second-order valence-electron chi connectivity index (χ2n) is 12.0. The lowest BCUT2D eigenvalue weighted by atomic mass is 9.62. The van der Waals surface area contributed by atoms with E-state index in [-0.39, 0.29) is 10.8 Å². The van der Waals surface area contributed by atoms with Gasteiger partial charge in [-0.2, -0.15) is 5.26 Å². The van der Waals surface area contributed by atoms with Gasteiger partial charge in [-0.3, -0.25) is 0 Å². The monoisotopic (exact) mass is 470 g/mol. The molecule has 4 aromatic rings. The van der Waals surface area contributed by atoms with Crippen molar-refractivity contribution >= 4 is 0 Å². The molecule has 2 aliphatic carbocycles. The first kappa shape index (κ1) is 22.9. The Labute approximate surface area is 215 Å². The minimum absolute atomic E-state index is 0.185. The van der Waals surface area contributed by atoms with Gasteiger partial charge in [-0.25, -0.2) is 0 Å². The van der Waals surface area contributed by atoms with Crippen LogP contribution in [0, 0.1) is 11.3 Å². The van der Waals surface area contributed by atoms with Crippen LogP contribution in [-0.4, -0.2) is 4.57 Å². The van der Waals surface area contributed by atoms with Crippen LogP contribution in [0.4, 0.5) is 0 Å². The van der Waals surface area contributed by atoms with Crippen molar-refractivity contribution in [1.82, 2.24) is 4.57 Å². The molecule has 0 N–H and O–H groups in total. The Morgan fingerprint density at radius 2 is 1.47 bits per heavy atom. The van der Waals surface area contributed by atoms with E-state index in [1.165, 1.54) is 57.5 Å². The highest BCUT2D eigenvalue weighted by molar-refractivity contribution is 5.82. The van der Waals surface area contributed by atoms with Crippen LogP contribution in [0.3, 0.4) is 0 Å². The number of rotatable bonds is 3. The molecule has 0 radical (unpaired) electrons. The van der Waals surface area contributed by atoms with Crippen molar-refractivity contribution in [2.24, 2.45) is 0 Å². The minimum atomic E-state index is 0.185. The summed E-state index contributed by atoms with van der Waals surface area (Å²) in [5.41, 5.74) is 13.7. The third-order valence-corrected chi connectivity index (χ3v) is 8.68. The van der Waals surface area contributed by atoms with Crippen LogP contribution >= 0.6 is 0 Å². The molecular formula is C34H34N2. The molecule has 0 amide bonds. The zero-order chi connectivity index (χ0) is 25.1. The summed E-state index contributed by atoms with van der Waals surface area (Å²) in [6.07, 6.45) is 6.93. The predicted octanol–water partition coefficient (Wildman–Crippen LogP) is 8.19. The van der Waals surface area contributed by atoms with E-state index in [4.69, 9.17) is 0 Å². The first-order valence-electron chi connectivity index (χ1n) is 13.2. The van der Waals surface area contributed by atoms with E-state index < -0.39 is 0 Å². The van der Waals surface area contributed by atoms with E-state index in [1.807, 2.05) is 12.1 Å². The number of hydrogen-bond donors (Lipinski definition) is 0. The van der Waals surface area contributed by atoms with Crippen molar-refractivity contribution in [3.63, 3.8) is 0 Å². The second kappa shape index (κ2) is 8.24. The van der Waals surface area contributed by atoms with E-state index in [1.54, 1.807) is 5.56 Å². The summed E-state index contributed by atoms with van der Waals surface area (Å²) < 4.78 is 2.48.